The van der Waals surface area contributed by atoms with E-state index < -0.39 is 0 Å². The fraction of sp³-hybridized carbons (Fsp3) is 0.333. The number of aryl methyl sites for hydroxylation is 1. The van der Waals surface area contributed by atoms with Gasteiger partial charge in [0.1, 0.15) is 11.6 Å². The highest BCUT2D eigenvalue weighted by Gasteiger charge is 2.21. The molecule has 5 nitrogen and oxygen atoms in total. The number of thiocarbonyl (C=S) groups is 1. The summed E-state index contributed by atoms with van der Waals surface area (Å²) in [7, 11) is 0. The van der Waals surface area contributed by atoms with Crippen molar-refractivity contribution in [2.24, 2.45) is 0 Å². The molecule has 3 aromatic rings. The van der Waals surface area contributed by atoms with Crippen LogP contribution in [0.5, 0.6) is 0 Å². The van der Waals surface area contributed by atoms with Crippen molar-refractivity contribution in [1.29, 1.82) is 0 Å². The summed E-state index contributed by atoms with van der Waals surface area (Å²) < 4.78 is 28.5. The van der Waals surface area contributed by atoms with Crippen molar-refractivity contribution in [2.45, 2.75) is 26.9 Å². The fourth-order valence-electron chi connectivity index (χ4n) is 3.98. The number of nitrogens with zero attached hydrogens (tertiary/aromatic N) is 4. The van der Waals surface area contributed by atoms with Gasteiger partial charge in [0.05, 0.1) is 23.6 Å². The number of piperazine rings is 1. The van der Waals surface area contributed by atoms with Gasteiger partial charge in [-0.05, 0) is 61.5 Å². The van der Waals surface area contributed by atoms with E-state index in [1.165, 1.54) is 18.2 Å². The van der Waals surface area contributed by atoms with Crippen molar-refractivity contribution in [2.75, 3.05) is 31.5 Å². The van der Waals surface area contributed by atoms with Gasteiger partial charge in [0, 0.05) is 32.7 Å². The quantitative estimate of drug-likeness (QED) is 0.579. The molecule has 1 aliphatic heterocycles. The Morgan fingerprint density at radius 2 is 1.66 bits per heavy atom. The lowest BCUT2D eigenvalue weighted by molar-refractivity contribution is 0.177. The van der Waals surface area contributed by atoms with Crippen LogP contribution in [0.25, 0.3) is 0 Å². The molecule has 0 atom stereocenters. The zero-order valence-corrected chi connectivity index (χ0v) is 19.1. The van der Waals surface area contributed by atoms with E-state index in [1.54, 1.807) is 24.3 Å². The number of anilines is 1. The van der Waals surface area contributed by atoms with E-state index in [9.17, 15) is 8.78 Å². The summed E-state index contributed by atoms with van der Waals surface area (Å²) in [6, 6.07) is 13.2. The molecule has 8 heteroatoms. The molecule has 0 aliphatic carbocycles. The van der Waals surface area contributed by atoms with Gasteiger partial charge in [0.2, 0.25) is 0 Å². The summed E-state index contributed by atoms with van der Waals surface area (Å²) in [5.41, 5.74) is 4.74. The second-order valence-corrected chi connectivity index (χ2v) is 8.54. The summed E-state index contributed by atoms with van der Waals surface area (Å²) in [5, 5.41) is 8.70. The zero-order valence-electron chi connectivity index (χ0n) is 18.3. The van der Waals surface area contributed by atoms with Crippen molar-refractivity contribution < 1.29 is 8.78 Å². The second kappa shape index (κ2) is 9.75. The van der Waals surface area contributed by atoms with Crippen LogP contribution in [0, 0.1) is 25.5 Å². The molecule has 0 bridgehead atoms. The molecule has 1 aliphatic rings. The van der Waals surface area contributed by atoms with Crippen molar-refractivity contribution in [3.63, 3.8) is 0 Å². The third-order valence-corrected chi connectivity index (χ3v) is 6.17. The van der Waals surface area contributed by atoms with Gasteiger partial charge in [-0.15, -0.1) is 0 Å². The van der Waals surface area contributed by atoms with Crippen molar-refractivity contribution in [3.05, 3.63) is 82.7 Å². The molecule has 2 aromatic carbocycles. The van der Waals surface area contributed by atoms with Crippen LogP contribution < -0.4 is 5.32 Å². The van der Waals surface area contributed by atoms with Gasteiger partial charge < -0.3 is 10.2 Å². The molecule has 4 rings (SSSR count). The molecule has 32 heavy (non-hydrogen) atoms. The molecule has 1 N–H and O–H groups in total. The van der Waals surface area contributed by atoms with E-state index in [0.29, 0.717) is 11.7 Å². The van der Waals surface area contributed by atoms with Crippen molar-refractivity contribution in [1.82, 2.24) is 19.6 Å². The first-order chi connectivity index (χ1) is 15.4. The Bertz CT molecular complexity index is 1090. The number of nitrogens with one attached hydrogen (secondary N) is 1. The summed E-state index contributed by atoms with van der Waals surface area (Å²) in [4.78, 5) is 4.47. The van der Waals surface area contributed by atoms with Gasteiger partial charge in [-0.3, -0.25) is 9.58 Å². The third kappa shape index (κ3) is 5.31. The number of benzene rings is 2. The van der Waals surface area contributed by atoms with Gasteiger partial charge in [-0.25, -0.2) is 8.78 Å². The molecule has 0 radical (unpaired) electrons. The van der Waals surface area contributed by atoms with E-state index in [-0.39, 0.29) is 11.6 Å². The maximum Gasteiger partial charge on any atom is 0.173 e. The van der Waals surface area contributed by atoms with Crippen LogP contribution >= 0.6 is 12.2 Å². The average Bonchev–Trinajstić information content (AvgIpc) is 3.03. The molecule has 0 spiro atoms. The summed E-state index contributed by atoms with van der Waals surface area (Å²) in [6.45, 7) is 8.61. The summed E-state index contributed by atoms with van der Waals surface area (Å²) >= 11 is 5.68. The third-order valence-electron chi connectivity index (χ3n) is 5.81. The van der Waals surface area contributed by atoms with E-state index in [0.717, 1.165) is 60.9 Å². The predicted molar refractivity (Wildman–Crippen MR) is 127 cm³/mol. The lowest BCUT2D eigenvalue weighted by Gasteiger charge is -2.36. The van der Waals surface area contributed by atoms with Crippen LogP contribution in [0.4, 0.5) is 14.5 Å². The molecule has 2 heterocycles. The zero-order chi connectivity index (χ0) is 22.7. The van der Waals surface area contributed by atoms with Crippen LogP contribution in [-0.2, 0) is 13.1 Å². The molecule has 1 aromatic heterocycles. The molecule has 0 amide bonds. The van der Waals surface area contributed by atoms with Crippen molar-refractivity contribution in [3.8, 4) is 0 Å². The molecule has 168 valence electrons. The SMILES string of the molecule is Cc1nn(Cc2ccc(F)cc2)c(C)c1NC(=S)N1CCN(Cc2cccc(F)c2)CC1. The van der Waals surface area contributed by atoms with Crippen LogP contribution in [0.15, 0.2) is 48.5 Å². The van der Waals surface area contributed by atoms with Gasteiger partial charge in [-0.1, -0.05) is 24.3 Å². The van der Waals surface area contributed by atoms with Crippen LogP contribution in [0.2, 0.25) is 0 Å². The highest BCUT2D eigenvalue weighted by Crippen LogP contribution is 2.22. The smallest absolute Gasteiger partial charge is 0.173 e. The lowest BCUT2D eigenvalue weighted by Crippen LogP contribution is -2.49. The predicted octanol–water partition coefficient (Wildman–Crippen LogP) is 4.34. The number of hydrogen-bond acceptors (Lipinski definition) is 3. The average molecular weight is 456 g/mol. The number of hydrogen-bond donors (Lipinski definition) is 1. The first-order valence-corrected chi connectivity index (χ1v) is 11.1. The number of rotatable bonds is 5. The Hall–Kier alpha value is -2.84. The Morgan fingerprint density at radius 3 is 2.34 bits per heavy atom. The van der Waals surface area contributed by atoms with Crippen molar-refractivity contribution >= 4 is 23.0 Å². The van der Waals surface area contributed by atoms with E-state index >= 15 is 0 Å². The fourth-order valence-corrected chi connectivity index (χ4v) is 4.27. The van der Waals surface area contributed by atoms with Gasteiger partial charge in [-0.2, -0.15) is 5.10 Å². The summed E-state index contributed by atoms with van der Waals surface area (Å²) in [6.07, 6.45) is 0. The Morgan fingerprint density at radius 1 is 0.938 bits per heavy atom. The molecule has 1 saturated heterocycles. The van der Waals surface area contributed by atoms with Gasteiger partial charge >= 0.3 is 0 Å². The standard InChI is InChI=1S/C24H27F2N5S/c1-17-23(18(2)31(28-17)16-19-6-8-21(25)9-7-19)27-24(32)30-12-10-29(11-13-30)15-20-4-3-5-22(26)14-20/h3-9,14H,10-13,15-16H2,1-2H3,(H,27,32). The first kappa shape index (κ1) is 22.4. The maximum absolute atomic E-state index is 13.4. The number of aromatic nitrogens is 2. The van der Waals surface area contributed by atoms with Gasteiger partial charge in [0.25, 0.3) is 0 Å². The topological polar surface area (TPSA) is 36.3 Å². The normalized spacial score (nSPS) is 14.6. The van der Waals surface area contributed by atoms with Crippen LogP contribution in [0.1, 0.15) is 22.5 Å². The highest BCUT2D eigenvalue weighted by molar-refractivity contribution is 7.80. The maximum atomic E-state index is 13.4. The summed E-state index contributed by atoms with van der Waals surface area (Å²) in [5.74, 6) is -0.442. The Balaban J connectivity index is 1.34. The number of halogens is 2. The molecular weight excluding hydrogens is 428 g/mol. The van der Waals surface area contributed by atoms with E-state index in [4.69, 9.17) is 12.2 Å². The van der Waals surface area contributed by atoms with E-state index in [2.05, 4.69) is 20.2 Å². The lowest BCUT2D eigenvalue weighted by atomic mass is 10.2. The largest absolute Gasteiger partial charge is 0.346 e. The molecule has 0 saturated carbocycles. The molecular formula is C24H27F2N5S. The first-order valence-electron chi connectivity index (χ1n) is 10.7. The van der Waals surface area contributed by atoms with Crippen LogP contribution in [-0.4, -0.2) is 50.9 Å². The Kier molecular flexibility index (Phi) is 6.81. The van der Waals surface area contributed by atoms with Crippen LogP contribution in [0.3, 0.4) is 0 Å². The second-order valence-electron chi connectivity index (χ2n) is 8.15. The monoisotopic (exact) mass is 455 g/mol. The van der Waals surface area contributed by atoms with E-state index in [1.807, 2.05) is 24.6 Å². The highest BCUT2D eigenvalue weighted by atomic mass is 32.1. The molecule has 1 fully saturated rings. The van der Waals surface area contributed by atoms with Gasteiger partial charge in [0.15, 0.2) is 5.11 Å². The minimum atomic E-state index is -0.245. The molecule has 0 unspecified atom stereocenters. The Labute approximate surface area is 192 Å². The minimum Gasteiger partial charge on any atom is -0.346 e. The minimum absolute atomic E-state index is 0.197.